The monoisotopic (exact) mass is 694 g/mol. The Hall–Kier alpha value is -4.92. The number of anilines is 2. The molecule has 0 aliphatic carbocycles. The number of aryl methyl sites for hydroxylation is 1. The van der Waals surface area contributed by atoms with Crippen molar-refractivity contribution in [2.75, 3.05) is 16.4 Å². The quantitative estimate of drug-likeness (QED) is 0.120. The Morgan fingerprint density at radius 1 is 0.804 bits per heavy atom. The standard InChI is InChI=1S/C37H28BrClN2O5/c1-3-45-33-21-24(20-30(38)34(33)46-22-26-12-5-7-16-31(26)39)19-29-35(42)40(27-14-8-10-23(2)18-27)37(44)41(36(29)43)32-17-9-13-25-11-4-6-15-28(25)32/h4-21H,3,22H2,1-2H3/b29-19+. The summed E-state index contributed by atoms with van der Waals surface area (Å²) in [6.45, 7) is 4.26. The summed E-state index contributed by atoms with van der Waals surface area (Å²) >= 11 is 9.91. The summed E-state index contributed by atoms with van der Waals surface area (Å²) in [7, 11) is 0. The normalized spacial score (nSPS) is 14.3. The lowest BCUT2D eigenvalue weighted by Gasteiger charge is -2.34. The Morgan fingerprint density at radius 2 is 1.52 bits per heavy atom. The van der Waals surface area contributed by atoms with E-state index < -0.39 is 17.8 Å². The van der Waals surface area contributed by atoms with Crippen LogP contribution < -0.4 is 19.3 Å². The van der Waals surface area contributed by atoms with Gasteiger partial charge in [-0.1, -0.05) is 78.3 Å². The highest BCUT2D eigenvalue weighted by atomic mass is 79.9. The van der Waals surface area contributed by atoms with Gasteiger partial charge in [-0.25, -0.2) is 14.6 Å². The number of rotatable bonds is 8. The Bertz CT molecular complexity index is 2040. The molecule has 46 heavy (non-hydrogen) atoms. The van der Waals surface area contributed by atoms with Gasteiger partial charge in [-0.2, -0.15) is 0 Å². The summed E-state index contributed by atoms with van der Waals surface area (Å²) in [5.41, 5.74) is 2.70. The number of benzene rings is 5. The largest absolute Gasteiger partial charge is 0.490 e. The van der Waals surface area contributed by atoms with E-state index in [-0.39, 0.29) is 12.2 Å². The van der Waals surface area contributed by atoms with Gasteiger partial charge in [-0.05, 0) is 88.8 Å². The number of barbiturate groups is 1. The molecule has 0 aromatic heterocycles. The number of amides is 4. The van der Waals surface area contributed by atoms with E-state index in [1.54, 1.807) is 48.5 Å². The van der Waals surface area contributed by atoms with Crippen molar-refractivity contribution in [3.8, 4) is 11.5 Å². The summed E-state index contributed by atoms with van der Waals surface area (Å²) in [5.74, 6) is -0.614. The molecule has 5 aromatic rings. The van der Waals surface area contributed by atoms with Gasteiger partial charge in [0, 0.05) is 16.0 Å². The molecule has 1 fully saturated rings. The summed E-state index contributed by atoms with van der Waals surface area (Å²) in [6, 6.07) is 30.0. The van der Waals surface area contributed by atoms with Gasteiger partial charge >= 0.3 is 6.03 Å². The molecule has 0 bridgehead atoms. The highest BCUT2D eigenvalue weighted by Crippen LogP contribution is 2.40. The maximum absolute atomic E-state index is 14.2. The second kappa shape index (κ2) is 13.2. The van der Waals surface area contributed by atoms with Gasteiger partial charge < -0.3 is 9.47 Å². The molecule has 0 saturated carbocycles. The number of carbonyl (C=O) groups is 3. The minimum Gasteiger partial charge on any atom is -0.490 e. The topological polar surface area (TPSA) is 76.2 Å². The lowest BCUT2D eigenvalue weighted by Crippen LogP contribution is -2.57. The number of carbonyl (C=O) groups excluding carboxylic acids is 3. The van der Waals surface area contributed by atoms with Crippen LogP contribution in [0.5, 0.6) is 11.5 Å². The average Bonchev–Trinajstić information content (AvgIpc) is 3.04. The van der Waals surface area contributed by atoms with Crippen LogP contribution in [0.2, 0.25) is 5.02 Å². The van der Waals surface area contributed by atoms with Crippen LogP contribution in [0.25, 0.3) is 16.8 Å². The smallest absolute Gasteiger partial charge is 0.343 e. The average molecular weight is 696 g/mol. The van der Waals surface area contributed by atoms with Gasteiger partial charge in [-0.3, -0.25) is 9.59 Å². The van der Waals surface area contributed by atoms with Gasteiger partial charge in [0.2, 0.25) is 0 Å². The van der Waals surface area contributed by atoms with E-state index in [0.29, 0.717) is 49.9 Å². The third-order valence-electron chi connectivity index (χ3n) is 7.49. The van der Waals surface area contributed by atoms with Crippen molar-refractivity contribution in [2.45, 2.75) is 20.5 Å². The third-order valence-corrected chi connectivity index (χ3v) is 8.45. The molecule has 6 rings (SSSR count). The lowest BCUT2D eigenvalue weighted by atomic mass is 10.0. The van der Waals surface area contributed by atoms with Crippen LogP contribution in [-0.2, 0) is 16.2 Å². The van der Waals surface area contributed by atoms with Crippen LogP contribution in [0.15, 0.2) is 113 Å². The highest BCUT2D eigenvalue weighted by molar-refractivity contribution is 9.10. The molecule has 5 aromatic carbocycles. The molecule has 1 aliphatic rings. The van der Waals surface area contributed by atoms with Crippen LogP contribution in [0.4, 0.5) is 16.2 Å². The van der Waals surface area contributed by atoms with E-state index in [1.807, 2.05) is 68.4 Å². The SMILES string of the molecule is CCOc1cc(/C=C2\C(=O)N(c3cccc(C)c3)C(=O)N(c3cccc4ccccc34)C2=O)cc(Br)c1OCc1ccccc1Cl. The number of nitrogens with zero attached hydrogens (tertiary/aromatic N) is 2. The zero-order valence-corrected chi connectivity index (χ0v) is 27.3. The molecule has 0 N–H and O–H groups in total. The second-order valence-electron chi connectivity index (χ2n) is 10.6. The molecule has 1 saturated heterocycles. The first kappa shape index (κ1) is 31.1. The molecule has 9 heteroatoms. The van der Waals surface area contributed by atoms with Gasteiger partial charge in [0.15, 0.2) is 11.5 Å². The summed E-state index contributed by atoms with van der Waals surface area (Å²) in [4.78, 5) is 44.5. The van der Waals surface area contributed by atoms with Gasteiger partial charge in [0.25, 0.3) is 11.8 Å². The Balaban J connectivity index is 1.46. The fourth-order valence-electron chi connectivity index (χ4n) is 5.35. The van der Waals surface area contributed by atoms with E-state index in [9.17, 15) is 14.4 Å². The van der Waals surface area contributed by atoms with Crippen molar-refractivity contribution in [2.24, 2.45) is 0 Å². The van der Waals surface area contributed by atoms with Crippen LogP contribution in [-0.4, -0.2) is 24.5 Å². The number of ether oxygens (including phenoxy) is 2. The van der Waals surface area contributed by atoms with Gasteiger partial charge in [0.05, 0.1) is 22.5 Å². The third kappa shape index (κ3) is 6.01. The van der Waals surface area contributed by atoms with E-state index in [2.05, 4.69) is 15.9 Å². The molecular formula is C37H28BrClN2O5. The summed E-state index contributed by atoms with van der Waals surface area (Å²) < 4.78 is 12.6. The first-order valence-electron chi connectivity index (χ1n) is 14.6. The Morgan fingerprint density at radius 3 is 2.30 bits per heavy atom. The van der Waals surface area contributed by atoms with Gasteiger partial charge in [-0.15, -0.1) is 0 Å². The minimum absolute atomic E-state index is 0.187. The number of hydrogen-bond acceptors (Lipinski definition) is 5. The first-order valence-corrected chi connectivity index (χ1v) is 15.8. The highest BCUT2D eigenvalue weighted by Gasteiger charge is 2.44. The van der Waals surface area contributed by atoms with Crippen molar-refractivity contribution in [1.82, 2.24) is 0 Å². The van der Waals surface area contributed by atoms with E-state index >= 15 is 0 Å². The second-order valence-corrected chi connectivity index (χ2v) is 11.9. The Kier molecular flexibility index (Phi) is 8.92. The van der Waals surface area contributed by atoms with Gasteiger partial charge in [0.1, 0.15) is 12.2 Å². The lowest BCUT2D eigenvalue weighted by molar-refractivity contribution is -0.121. The van der Waals surface area contributed by atoms with Crippen molar-refractivity contribution in [3.05, 3.63) is 135 Å². The van der Waals surface area contributed by atoms with Crippen LogP contribution in [0, 0.1) is 6.92 Å². The first-order chi connectivity index (χ1) is 22.3. The minimum atomic E-state index is -0.756. The maximum Gasteiger partial charge on any atom is 0.343 e. The predicted molar refractivity (Wildman–Crippen MR) is 185 cm³/mol. The molecule has 1 heterocycles. The molecular weight excluding hydrogens is 668 g/mol. The van der Waals surface area contributed by atoms with Crippen LogP contribution >= 0.6 is 27.5 Å². The van der Waals surface area contributed by atoms with Crippen LogP contribution in [0.1, 0.15) is 23.6 Å². The molecule has 0 radical (unpaired) electrons. The number of imide groups is 2. The maximum atomic E-state index is 14.2. The predicted octanol–water partition coefficient (Wildman–Crippen LogP) is 9.13. The molecule has 0 spiro atoms. The zero-order chi connectivity index (χ0) is 32.4. The molecule has 7 nitrogen and oxygen atoms in total. The molecule has 4 amide bonds. The Labute approximate surface area is 279 Å². The van der Waals surface area contributed by atoms with Crippen molar-refractivity contribution >= 4 is 73.6 Å². The van der Waals surface area contributed by atoms with E-state index in [0.717, 1.165) is 26.3 Å². The number of halogens is 2. The van der Waals surface area contributed by atoms with Crippen molar-refractivity contribution in [3.63, 3.8) is 0 Å². The number of urea groups is 1. The fraction of sp³-hybridized carbons (Fsp3) is 0.108. The van der Waals surface area contributed by atoms with E-state index in [4.69, 9.17) is 21.1 Å². The molecule has 0 unspecified atom stereocenters. The summed E-state index contributed by atoms with van der Waals surface area (Å²) in [5, 5.41) is 2.13. The summed E-state index contributed by atoms with van der Waals surface area (Å²) in [6.07, 6.45) is 1.48. The van der Waals surface area contributed by atoms with Crippen LogP contribution in [0.3, 0.4) is 0 Å². The molecule has 230 valence electrons. The molecule has 0 atom stereocenters. The molecule has 1 aliphatic heterocycles. The zero-order valence-electron chi connectivity index (χ0n) is 25.0. The number of fused-ring (bicyclic) bond motifs is 1. The van der Waals surface area contributed by atoms with Crippen molar-refractivity contribution in [1.29, 1.82) is 0 Å². The van der Waals surface area contributed by atoms with Crippen molar-refractivity contribution < 1.29 is 23.9 Å². The fourth-order valence-corrected chi connectivity index (χ4v) is 6.11. The van der Waals surface area contributed by atoms with E-state index in [1.165, 1.54) is 6.08 Å². The number of hydrogen-bond donors (Lipinski definition) is 0.